The number of aliphatic hydroxyl groups excluding tert-OH is 1. The molecule has 0 amide bonds. The molecule has 0 heterocycles. The van der Waals surface area contributed by atoms with E-state index in [0.29, 0.717) is 6.54 Å². The quantitative estimate of drug-likeness (QED) is 0.654. The van der Waals surface area contributed by atoms with E-state index < -0.39 is 0 Å². The Morgan fingerprint density at radius 3 is 2.24 bits per heavy atom. The van der Waals surface area contributed by atoms with E-state index in [1.165, 1.54) is 0 Å². The third-order valence-corrected chi connectivity index (χ3v) is 3.28. The number of para-hydroxylation sites is 1. The zero-order valence-corrected chi connectivity index (χ0v) is 12.5. The topological polar surface area (TPSA) is 39.1 Å². The number of hydrogen-bond acceptors (Lipinski definition) is 4. The molecule has 0 saturated heterocycles. The van der Waals surface area contributed by atoms with Crippen LogP contribution in [0.2, 0.25) is 0 Å². The standard InChI is InChI=1S/C17H21N3O/c1-19(12-13-21)16-10-8-15(9-11-16)14-18-20(2)17-6-4-3-5-7-17/h3-11,14,21H,12-13H2,1-2H3/b18-14-. The molecule has 1 N–H and O–H groups in total. The lowest BCUT2D eigenvalue weighted by Gasteiger charge is -2.17. The zero-order valence-electron chi connectivity index (χ0n) is 12.5. The van der Waals surface area contributed by atoms with Crippen molar-refractivity contribution in [2.75, 3.05) is 37.2 Å². The minimum atomic E-state index is 0.154. The van der Waals surface area contributed by atoms with Gasteiger partial charge in [-0.1, -0.05) is 30.3 Å². The minimum Gasteiger partial charge on any atom is -0.395 e. The first-order chi connectivity index (χ1) is 10.2. The molecule has 0 unspecified atom stereocenters. The molecule has 0 aromatic heterocycles. The average molecular weight is 283 g/mol. The van der Waals surface area contributed by atoms with Crippen molar-refractivity contribution in [1.82, 2.24) is 0 Å². The Balaban J connectivity index is 2.01. The second-order valence-electron chi connectivity index (χ2n) is 4.84. The molecule has 0 saturated carbocycles. The Bertz CT molecular complexity index is 566. The second-order valence-corrected chi connectivity index (χ2v) is 4.84. The van der Waals surface area contributed by atoms with Crippen molar-refractivity contribution in [3.8, 4) is 0 Å². The molecule has 2 aromatic rings. The highest BCUT2D eigenvalue weighted by Gasteiger charge is 1.99. The van der Waals surface area contributed by atoms with Gasteiger partial charge < -0.3 is 10.0 Å². The second kappa shape index (κ2) is 7.45. The van der Waals surface area contributed by atoms with Crippen LogP contribution in [0.1, 0.15) is 5.56 Å². The minimum absolute atomic E-state index is 0.154. The van der Waals surface area contributed by atoms with Crippen LogP contribution in [0.5, 0.6) is 0 Å². The van der Waals surface area contributed by atoms with Crippen LogP contribution in [0, 0.1) is 0 Å². The predicted molar refractivity (Wildman–Crippen MR) is 89.2 cm³/mol. The van der Waals surface area contributed by atoms with E-state index in [1.807, 2.05) is 84.8 Å². The van der Waals surface area contributed by atoms with Gasteiger partial charge in [0.05, 0.1) is 18.5 Å². The van der Waals surface area contributed by atoms with Crippen LogP contribution in [0.15, 0.2) is 59.7 Å². The molecule has 110 valence electrons. The molecule has 4 nitrogen and oxygen atoms in total. The van der Waals surface area contributed by atoms with Crippen LogP contribution in [-0.2, 0) is 0 Å². The van der Waals surface area contributed by atoms with Gasteiger partial charge >= 0.3 is 0 Å². The van der Waals surface area contributed by atoms with Crippen molar-refractivity contribution in [2.45, 2.75) is 0 Å². The van der Waals surface area contributed by atoms with Gasteiger partial charge in [-0.05, 0) is 29.8 Å². The number of hydrazone groups is 1. The molecular formula is C17H21N3O. The third-order valence-electron chi connectivity index (χ3n) is 3.28. The summed E-state index contributed by atoms with van der Waals surface area (Å²) in [4.78, 5) is 2.01. The highest BCUT2D eigenvalue weighted by molar-refractivity contribution is 5.81. The maximum absolute atomic E-state index is 8.94. The lowest BCUT2D eigenvalue weighted by molar-refractivity contribution is 0.304. The van der Waals surface area contributed by atoms with Crippen LogP contribution in [0.25, 0.3) is 0 Å². The zero-order chi connectivity index (χ0) is 15.1. The van der Waals surface area contributed by atoms with Gasteiger partial charge in [-0.2, -0.15) is 5.10 Å². The number of anilines is 2. The first kappa shape index (κ1) is 15.1. The average Bonchev–Trinajstić information content (AvgIpc) is 2.54. The summed E-state index contributed by atoms with van der Waals surface area (Å²) in [6, 6.07) is 18.1. The maximum atomic E-state index is 8.94. The van der Waals surface area contributed by atoms with Crippen molar-refractivity contribution in [3.05, 3.63) is 60.2 Å². The molecule has 2 rings (SSSR count). The Kier molecular flexibility index (Phi) is 5.35. The summed E-state index contributed by atoms with van der Waals surface area (Å²) >= 11 is 0. The van der Waals surface area contributed by atoms with Crippen LogP contribution < -0.4 is 9.91 Å². The Hall–Kier alpha value is -2.33. The van der Waals surface area contributed by atoms with Gasteiger partial charge in [0.2, 0.25) is 0 Å². The van der Waals surface area contributed by atoms with Crippen molar-refractivity contribution < 1.29 is 5.11 Å². The Morgan fingerprint density at radius 1 is 0.952 bits per heavy atom. The van der Waals surface area contributed by atoms with Crippen LogP contribution >= 0.6 is 0 Å². The molecule has 0 spiro atoms. The maximum Gasteiger partial charge on any atom is 0.0606 e. The first-order valence-electron chi connectivity index (χ1n) is 6.95. The lowest BCUT2D eigenvalue weighted by Crippen LogP contribution is -2.20. The summed E-state index contributed by atoms with van der Waals surface area (Å²) in [5.74, 6) is 0. The molecule has 0 aliphatic heterocycles. The van der Waals surface area contributed by atoms with Crippen LogP contribution in [0.4, 0.5) is 11.4 Å². The summed E-state index contributed by atoms with van der Waals surface area (Å²) < 4.78 is 0. The lowest BCUT2D eigenvalue weighted by atomic mass is 10.2. The summed E-state index contributed by atoms with van der Waals surface area (Å²) in [5.41, 5.74) is 3.17. The predicted octanol–water partition coefficient (Wildman–Crippen LogP) is 2.59. The fourth-order valence-corrected chi connectivity index (χ4v) is 1.96. The van der Waals surface area contributed by atoms with E-state index in [4.69, 9.17) is 5.11 Å². The van der Waals surface area contributed by atoms with Gasteiger partial charge in [0.15, 0.2) is 0 Å². The van der Waals surface area contributed by atoms with Crippen molar-refractivity contribution in [1.29, 1.82) is 0 Å². The van der Waals surface area contributed by atoms with Crippen LogP contribution in [-0.4, -0.2) is 38.6 Å². The van der Waals surface area contributed by atoms with Crippen molar-refractivity contribution in [3.63, 3.8) is 0 Å². The van der Waals surface area contributed by atoms with Crippen LogP contribution in [0.3, 0.4) is 0 Å². The highest BCUT2D eigenvalue weighted by atomic mass is 16.3. The van der Waals surface area contributed by atoms with Gasteiger partial charge in [-0.3, -0.25) is 5.01 Å². The van der Waals surface area contributed by atoms with Gasteiger partial charge in [0.1, 0.15) is 0 Å². The number of aliphatic hydroxyl groups is 1. The van der Waals surface area contributed by atoms with Crippen molar-refractivity contribution >= 4 is 17.6 Å². The SMILES string of the molecule is CN(CCO)c1ccc(/C=N\N(C)c2ccccc2)cc1. The molecule has 2 aromatic carbocycles. The van der Waals surface area contributed by atoms with Gasteiger partial charge in [0, 0.05) is 26.3 Å². The molecule has 0 radical (unpaired) electrons. The normalized spacial score (nSPS) is 10.8. The van der Waals surface area contributed by atoms with Gasteiger partial charge in [-0.25, -0.2) is 0 Å². The molecule has 0 atom stereocenters. The summed E-state index contributed by atoms with van der Waals surface area (Å²) in [6.07, 6.45) is 1.84. The smallest absolute Gasteiger partial charge is 0.0606 e. The summed E-state index contributed by atoms with van der Waals surface area (Å²) in [6.45, 7) is 0.783. The van der Waals surface area contributed by atoms with E-state index in [2.05, 4.69) is 5.10 Å². The van der Waals surface area contributed by atoms with E-state index in [-0.39, 0.29) is 6.61 Å². The molecule has 0 bridgehead atoms. The number of hydrogen-bond donors (Lipinski definition) is 1. The summed E-state index contributed by atoms with van der Waals surface area (Å²) in [5, 5.41) is 15.2. The summed E-state index contributed by atoms with van der Waals surface area (Å²) in [7, 11) is 3.89. The fourth-order valence-electron chi connectivity index (χ4n) is 1.96. The van der Waals surface area contributed by atoms with E-state index >= 15 is 0 Å². The first-order valence-corrected chi connectivity index (χ1v) is 6.95. The molecule has 4 heteroatoms. The molecule has 0 aliphatic rings. The third kappa shape index (κ3) is 4.33. The molecule has 0 aliphatic carbocycles. The van der Waals surface area contributed by atoms with Crippen molar-refractivity contribution in [2.24, 2.45) is 5.10 Å². The molecular weight excluding hydrogens is 262 g/mol. The monoisotopic (exact) mass is 283 g/mol. The number of rotatable bonds is 6. The number of benzene rings is 2. The largest absolute Gasteiger partial charge is 0.395 e. The number of nitrogens with zero attached hydrogens (tertiary/aromatic N) is 3. The molecule has 21 heavy (non-hydrogen) atoms. The fraction of sp³-hybridized carbons (Fsp3) is 0.235. The number of likely N-dealkylation sites (N-methyl/N-ethyl adjacent to an activating group) is 1. The molecule has 0 fully saturated rings. The Labute approximate surface area is 125 Å². The Morgan fingerprint density at radius 2 is 1.62 bits per heavy atom. The van der Waals surface area contributed by atoms with E-state index in [9.17, 15) is 0 Å². The van der Waals surface area contributed by atoms with E-state index in [0.717, 1.165) is 16.9 Å². The van der Waals surface area contributed by atoms with E-state index in [1.54, 1.807) is 0 Å². The highest BCUT2D eigenvalue weighted by Crippen LogP contribution is 2.14. The van der Waals surface area contributed by atoms with Gasteiger partial charge in [0.25, 0.3) is 0 Å². The van der Waals surface area contributed by atoms with Gasteiger partial charge in [-0.15, -0.1) is 0 Å².